The van der Waals surface area contributed by atoms with Crippen LogP contribution in [0.1, 0.15) is 6.92 Å². The summed E-state index contributed by atoms with van der Waals surface area (Å²) in [5.74, 6) is -0.491. The lowest BCUT2D eigenvalue weighted by Gasteiger charge is -2.10. The number of amides is 1. The Morgan fingerprint density at radius 2 is 1.94 bits per heavy atom. The number of sulfonamides is 1. The third-order valence-corrected chi connectivity index (χ3v) is 5.90. The van der Waals surface area contributed by atoms with Crippen molar-refractivity contribution in [2.24, 2.45) is 0 Å². The van der Waals surface area contributed by atoms with Gasteiger partial charge in [-0.25, -0.2) is 22.5 Å². The summed E-state index contributed by atoms with van der Waals surface area (Å²) < 4.78 is 42.4. The average molecular weight is 470 g/mol. The van der Waals surface area contributed by atoms with E-state index >= 15 is 0 Å². The molecule has 33 heavy (non-hydrogen) atoms. The number of anilines is 2. The molecule has 0 radical (unpaired) electrons. The number of fused-ring (bicyclic) bond motifs is 1. The molecule has 0 spiro atoms. The van der Waals surface area contributed by atoms with Crippen molar-refractivity contribution >= 4 is 38.7 Å². The molecule has 1 amide bonds. The van der Waals surface area contributed by atoms with E-state index < -0.39 is 15.8 Å². The zero-order valence-corrected chi connectivity index (χ0v) is 18.2. The number of rotatable bonds is 8. The van der Waals surface area contributed by atoms with Crippen LogP contribution in [0.15, 0.2) is 59.6 Å². The predicted octanol–water partition coefficient (Wildman–Crippen LogP) is 1.51. The van der Waals surface area contributed by atoms with E-state index in [9.17, 15) is 17.6 Å². The van der Waals surface area contributed by atoms with E-state index in [1.165, 1.54) is 42.1 Å². The fourth-order valence-electron chi connectivity index (χ4n) is 2.95. The molecule has 4 aromatic rings. The Morgan fingerprint density at radius 1 is 1.12 bits per heavy atom. The molecule has 0 saturated carbocycles. The molecule has 2 aromatic heterocycles. The molecule has 0 aliphatic rings. The molecular weight excluding hydrogens is 451 g/mol. The van der Waals surface area contributed by atoms with Crippen LogP contribution in [-0.2, 0) is 14.8 Å². The minimum absolute atomic E-state index is 0.0304. The van der Waals surface area contributed by atoms with Gasteiger partial charge in [-0.3, -0.25) is 4.79 Å². The van der Waals surface area contributed by atoms with E-state index in [4.69, 9.17) is 0 Å². The Balaban J connectivity index is 1.55. The number of nitrogens with one attached hydrogen (secondary N) is 3. The summed E-state index contributed by atoms with van der Waals surface area (Å²) in [5.41, 5.74) is 1.63. The highest BCUT2D eigenvalue weighted by Gasteiger charge is 2.15. The Labute approximate surface area is 188 Å². The van der Waals surface area contributed by atoms with Gasteiger partial charge in [-0.2, -0.15) is 9.67 Å². The molecule has 2 heterocycles. The van der Waals surface area contributed by atoms with Gasteiger partial charge in [0.25, 0.3) is 0 Å². The van der Waals surface area contributed by atoms with Crippen LogP contribution in [0.4, 0.5) is 16.0 Å². The minimum Gasteiger partial charge on any atom is -0.355 e. The molecule has 0 aliphatic carbocycles. The molecule has 0 bridgehead atoms. The lowest BCUT2D eigenvalue weighted by Crippen LogP contribution is -2.33. The summed E-state index contributed by atoms with van der Waals surface area (Å²) in [5, 5.41) is 13.5. The van der Waals surface area contributed by atoms with Crippen LogP contribution < -0.4 is 15.4 Å². The second-order valence-electron chi connectivity index (χ2n) is 6.92. The second kappa shape index (κ2) is 9.26. The fourth-order valence-corrected chi connectivity index (χ4v) is 4.02. The first kappa shape index (κ1) is 22.2. The molecule has 170 valence electrons. The average Bonchev–Trinajstić information content (AvgIpc) is 3.20. The first-order chi connectivity index (χ1) is 15.8. The van der Waals surface area contributed by atoms with Gasteiger partial charge in [-0.15, -0.1) is 5.10 Å². The van der Waals surface area contributed by atoms with Gasteiger partial charge in [0.05, 0.1) is 16.8 Å². The maximum Gasteiger partial charge on any atom is 0.240 e. The number of hydrogen-bond acceptors (Lipinski definition) is 8. The summed E-state index contributed by atoms with van der Waals surface area (Å²) in [6.45, 7) is 1.58. The molecule has 2 aromatic carbocycles. The summed E-state index contributed by atoms with van der Waals surface area (Å²) in [6, 6.07) is 11.9. The van der Waals surface area contributed by atoms with Crippen LogP contribution in [-0.4, -0.2) is 52.4 Å². The van der Waals surface area contributed by atoms with Gasteiger partial charge in [-0.1, -0.05) is 17.3 Å². The van der Waals surface area contributed by atoms with Crippen LogP contribution in [0.5, 0.6) is 0 Å². The molecule has 4 rings (SSSR count). The topological polar surface area (TPSA) is 144 Å². The lowest BCUT2D eigenvalue weighted by molar-refractivity contribution is -0.118. The SMILES string of the molecule is CC(=O)NCCNS(=O)(=O)c1cccc(Nc2ncc3nnn(-c4cccc(F)c4)c3n2)c1. The Hall–Kier alpha value is -3.97. The maximum absolute atomic E-state index is 13.6. The van der Waals surface area contributed by atoms with E-state index in [1.54, 1.807) is 24.3 Å². The van der Waals surface area contributed by atoms with Crippen molar-refractivity contribution in [2.45, 2.75) is 11.8 Å². The lowest BCUT2D eigenvalue weighted by atomic mass is 10.3. The number of halogens is 1. The van der Waals surface area contributed by atoms with Crippen LogP contribution in [0.25, 0.3) is 16.9 Å². The fraction of sp³-hybridized carbons (Fsp3) is 0.150. The Morgan fingerprint density at radius 3 is 2.73 bits per heavy atom. The van der Waals surface area contributed by atoms with E-state index in [0.717, 1.165) is 0 Å². The highest BCUT2D eigenvalue weighted by atomic mass is 32.2. The van der Waals surface area contributed by atoms with Crippen molar-refractivity contribution in [3.05, 3.63) is 60.5 Å². The van der Waals surface area contributed by atoms with Crippen LogP contribution in [0.3, 0.4) is 0 Å². The molecule has 0 aliphatic heterocycles. The quantitative estimate of drug-likeness (QED) is 0.329. The summed E-state index contributed by atoms with van der Waals surface area (Å²) >= 11 is 0. The molecule has 13 heteroatoms. The highest BCUT2D eigenvalue weighted by Crippen LogP contribution is 2.20. The third kappa shape index (κ3) is 5.27. The summed E-state index contributed by atoms with van der Waals surface area (Å²) in [7, 11) is -3.79. The predicted molar refractivity (Wildman–Crippen MR) is 118 cm³/mol. The van der Waals surface area contributed by atoms with Crippen molar-refractivity contribution in [2.75, 3.05) is 18.4 Å². The molecule has 0 atom stereocenters. The van der Waals surface area contributed by atoms with E-state index in [1.807, 2.05) is 0 Å². The third-order valence-electron chi connectivity index (χ3n) is 4.44. The van der Waals surface area contributed by atoms with Crippen molar-refractivity contribution in [3.63, 3.8) is 0 Å². The van der Waals surface area contributed by atoms with Crippen molar-refractivity contribution in [3.8, 4) is 5.69 Å². The first-order valence-electron chi connectivity index (χ1n) is 9.77. The van der Waals surface area contributed by atoms with Crippen LogP contribution in [0, 0.1) is 5.82 Å². The van der Waals surface area contributed by atoms with Crippen molar-refractivity contribution < 1.29 is 17.6 Å². The monoisotopic (exact) mass is 470 g/mol. The summed E-state index contributed by atoms with van der Waals surface area (Å²) in [6.07, 6.45) is 1.46. The molecule has 0 saturated heterocycles. The zero-order valence-electron chi connectivity index (χ0n) is 17.4. The largest absolute Gasteiger partial charge is 0.355 e. The number of carbonyl (C=O) groups excluding carboxylic acids is 1. The van der Waals surface area contributed by atoms with Gasteiger partial charge >= 0.3 is 0 Å². The van der Waals surface area contributed by atoms with Gasteiger partial charge in [-0.05, 0) is 36.4 Å². The molecule has 3 N–H and O–H groups in total. The summed E-state index contributed by atoms with van der Waals surface area (Å²) in [4.78, 5) is 19.5. The van der Waals surface area contributed by atoms with E-state index in [0.29, 0.717) is 22.5 Å². The van der Waals surface area contributed by atoms with Crippen molar-refractivity contribution in [1.82, 2.24) is 35.0 Å². The standard InChI is InChI=1S/C20H19FN8O3S/c1-13(30)22-8-9-24-33(31,32)17-7-3-5-15(11-17)25-20-23-12-18-19(26-20)29(28-27-18)16-6-2-4-14(21)10-16/h2-7,10-12,24H,8-9H2,1H3,(H,22,30)(H,23,25,26). The molecule has 0 fully saturated rings. The first-order valence-corrected chi connectivity index (χ1v) is 11.3. The van der Waals surface area contributed by atoms with Gasteiger partial charge < -0.3 is 10.6 Å². The van der Waals surface area contributed by atoms with Gasteiger partial charge in [0.15, 0.2) is 11.2 Å². The maximum atomic E-state index is 13.6. The molecule has 0 unspecified atom stereocenters. The normalized spacial score (nSPS) is 11.5. The second-order valence-corrected chi connectivity index (χ2v) is 8.68. The minimum atomic E-state index is -3.79. The van der Waals surface area contributed by atoms with Gasteiger partial charge in [0.2, 0.25) is 21.9 Å². The van der Waals surface area contributed by atoms with Gasteiger partial charge in [0.1, 0.15) is 5.82 Å². The Kier molecular flexibility index (Phi) is 6.24. The molecular formula is C20H19FN8O3S. The smallest absolute Gasteiger partial charge is 0.240 e. The van der Waals surface area contributed by atoms with Gasteiger partial charge in [0, 0.05) is 25.7 Å². The van der Waals surface area contributed by atoms with Crippen LogP contribution in [0.2, 0.25) is 0 Å². The molecule has 11 nitrogen and oxygen atoms in total. The van der Waals surface area contributed by atoms with E-state index in [2.05, 4.69) is 35.6 Å². The van der Waals surface area contributed by atoms with E-state index in [-0.39, 0.29) is 29.8 Å². The number of benzene rings is 2. The van der Waals surface area contributed by atoms with Crippen LogP contribution >= 0.6 is 0 Å². The van der Waals surface area contributed by atoms with Crippen molar-refractivity contribution in [1.29, 1.82) is 0 Å². The zero-order chi connectivity index (χ0) is 23.4. The number of hydrogen-bond donors (Lipinski definition) is 3. The Bertz CT molecular complexity index is 1420. The number of carbonyl (C=O) groups is 1. The number of nitrogens with zero attached hydrogens (tertiary/aromatic N) is 5. The number of aromatic nitrogens is 5. The highest BCUT2D eigenvalue weighted by molar-refractivity contribution is 7.89.